The van der Waals surface area contributed by atoms with Gasteiger partial charge in [-0.25, -0.2) is 4.39 Å². The van der Waals surface area contributed by atoms with Crippen LogP contribution in [0.15, 0.2) is 48.5 Å². The lowest BCUT2D eigenvalue weighted by molar-refractivity contribution is -0.121. The highest BCUT2D eigenvalue weighted by Crippen LogP contribution is 2.23. The molecular weight excluding hydrogens is 381 g/mol. The molecule has 2 aromatic rings. The van der Waals surface area contributed by atoms with Crippen molar-refractivity contribution in [3.8, 4) is 0 Å². The van der Waals surface area contributed by atoms with E-state index in [-0.39, 0.29) is 29.6 Å². The van der Waals surface area contributed by atoms with E-state index >= 15 is 0 Å². The Kier molecular flexibility index (Phi) is 7.57. The molecule has 1 saturated heterocycles. The average molecular weight is 412 g/mol. The Morgan fingerprint density at radius 2 is 1.77 bits per heavy atom. The number of carbonyl (C=O) groups excluding carboxylic acids is 2. The van der Waals surface area contributed by atoms with Gasteiger partial charge in [-0.3, -0.25) is 14.5 Å². The minimum atomic E-state index is -0.229. The van der Waals surface area contributed by atoms with Crippen LogP contribution < -0.4 is 10.6 Å². The Morgan fingerprint density at radius 3 is 2.43 bits per heavy atom. The highest BCUT2D eigenvalue weighted by molar-refractivity contribution is 6.04. The summed E-state index contributed by atoms with van der Waals surface area (Å²) in [5.74, 6) is -0.526. The van der Waals surface area contributed by atoms with Crippen molar-refractivity contribution in [2.45, 2.75) is 45.7 Å². The molecule has 5 nitrogen and oxygen atoms in total. The standard InChI is InChI=1S/C24H30FN3O2/c1-3-17(2)26-24(30)21-6-4-5-7-22(21)27-23(29)19-12-14-28(15-13-19)16-18-8-10-20(25)11-9-18/h4-11,17,19H,3,12-16H2,1-2H3,(H,26,30)(H,27,29)/t17-/m0/s1. The molecule has 0 radical (unpaired) electrons. The Bertz CT molecular complexity index is 861. The first kappa shape index (κ1) is 22.0. The van der Waals surface area contributed by atoms with Crippen LogP contribution in [0, 0.1) is 11.7 Å². The number of piperidine rings is 1. The zero-order chi connectivity index (χ0) is 21.5. The number of hydrogen-bond donors (Lipinski definition) is 2. The van der Waals surface area contributed by atoms with Crippen molar-refractivity contribution in [1.29, 1.82) is 0 Å². The van der Waals surface area contributed by atoms with Gasteiger partial charge in [0, 0.05) is 18.5 Å². The third-order valence-corrected chi connectivity index (χ3v) is 5.70. The molecule has 0 unspecified atom stereocenters. The predicted molar refractivity (Wildman–Crippen MR) is 117 cm³/mol. The Morgan fingerprint density at radius 1 is 1.10 bits per heavy atom. The predicted octanol–water partition coefficient (Wildman–Crippen LogP) is 4.20. The molecule has 6 heteroatoms. The Balaban J connectivity index is 1.55. The quantitative estimate of drug-likeness (QED) is 0.718. The Hall–Kier alpha value is -2.73. The van der Waals surface area contributed by atoms with Gasteiger partial charge in [-0.15, -0.1) is 0 Å². The molecule has 0 bridgehead atoms. The maximum atomic E-state index is 13.1. The van der Waals surface area contributed by atoms with Crippen molar-refractivity contribution in [3.63, 3.8) is 0 Å². The van der Waals surface area contributed by atoms with Crippen LogP contribution in [0.4, 0.5) is 10.1 Å². The molecule has 1 aliphatic rings. The third-order valence-electron chi connectivity index (χ3n) is 5.70. The fourth-order valence-corrected chi connectivity index (χ4v) is 3.63. The molecule has 160 valence electrons. The van der Waals surface area contributed by atoms with Gasteiger partial charge >= 0.3 is 0 Å². The van der Waals surface area contributed by atoms with Gasteiger partial charge < -0.3 is 10.6 Å². The number of amides is 2. The maximum Gasteiger partial charge on any atom is 0.253 e. The van der Waals surface area contributed by atoms with E-state index in [1.165, 1.54) is 12.1 Å². The number of carbonyl (C=O) groups is 2. The zero-order valence-electron chi connectivity index (χ0n) is 17.7. The monoisotopic (exact) mass is 411 g/mol. The van der Waals surface area contributed by atoms with Crippen LogP contribution in [0.3, 0.4) is 0 Å². The first-order valence-corrected chi connectivity index (χ1v) is 10.6. The molecule has 3 rings (SSSR count). The average Bonchev–Trinajstić information content (AvgIpc) is 2.76. The van der Waals surface area contributed by atoms with Crippen LogP contribution in [0.2, 0.25) is 0 Å². The van der Waals surface area contributed by atoms with E-state index in [1.807, 2.05) is 19.9 Å². The molecule has 1 heterocycles. The normalized spacial score (nSPS) is 16.1. The number of anilines is 1. The largest absolute Gasteiger partial charge is 0.350 e. The molecule has 2 aromatic carbocycles. The second-order valence-corrected chi connectivity index (χ2v) is 7.99. The number of nitrogens with zero attached hydrogens (tertiary/aromatic N) is 1. The summed E-state index contributed by atoms with van der Waals surface area (Å²) in [6.45, 7) is 6.35. The number of nitrogens with one attached hydrogen (secondary N) is 2. The molecular formula is C24H30FN3O2. The minimum Gasteiger partial charge on any atom is -0.350 e. The van der Waals surface area contributed by atoms with Crippen LogP contribution in [-0.4, -0.2) is 35.8 Å². The van der Waals surface area contributed by atoms with Crippen molar-refractivity contribution in [2.75, 3.05) is 18.4 Å². The summed E-state index contributed by atoms with van der Waals surface area (Å²) in [4.78, 5) is 27.6. The molecule has 2 N–H and O–H groups in total. The number of hydrogen-bond acceptors (Lipinski definition) is 3. The molecule has 1 atom stereocenters. The van der Waals surface area contributed by atoms with Crippen molar-refractivity contribution in [3.05, 3.63) is 65.5 Å². The topological polar surface area (TPSA) is 61.4 Å². The maximum absolute atomic E-state index is 13.1. The lowest BCUT2D eigenvalue weighted by Crippen LogP contribution is -2.38. The van der Waals surface area contributed by atoms with Crippen LogP contribution >= 0.6 is 0 Å². The summed E-state index contributed by atoms with van der Waals surface area (Å²) in [5.41, 5.74) is 2.11. The summed E-state index contributed by atoms with van der Waals surface area (Å²) in [7, 11) is 0. The molecule has 30 heavy (non-hydrogen) atoms. The summed E-state index contributed by atoms with van der Waals surface area (Å²) in [6.07, 6.45) is 2.36. The SMILES string of the molecule is CC[C@H](C)NC(=O)c1ccccc1NC(=O)C1CCN(Cc2ccc(F)cc2)CC1. The molecule has 0 aliphatic carbocycles. The number of likely N-dealkylation sites (tertiary alicyclic amines) is 1. The van der Waals surface area contributed by atoms with Gasteiger partial charge in [0.1, 0.15) is 5.82 Å². The molecule has 0 spiro atoms. The Labute approximate surface area is 177 Å². The van der Waals surface area contributed by atoms with E-state index in [4.69, 9.17) is 0 Å². The van der Waals surface area contributed by atoms with Crippen LogP contribution in [0.25, 0.3) is 0 Å². The minimum absolute atomic E-state index is 0.0415. The van der Waals surface area contributed by atoms with Gasteiger partial charge in [0.25, 0.3) is 5.91 Å². The van der Waals surface area contributed by atoms with E-state index in [2.05, 4.69) is 15.5 Å². The van der Waals surface area contributed by atoms with E-state index in [0.29, 0.717) is 11.3 Å². The van der Waals surface area contributed by atoms with Crippen molar-refractivity contribution in [1.82, 2.24) is 10.2 Å². The van der Waals surface area contributed by atoms with Crippen LogP contribution in [-0.2, 0) is 11.3 Å². The van der Waals surface area contributed by atoms with Crippen molar-refractivity contribution in [2.24, 2.45) is 5.92 Å². The van der Waals surface area contributed by atoms with Gasteiger partial charge in [0.2, 0.25) is 5.91 Å². The molecule has 0 aromatic heterocycles. The van der Waals surface area contributed by atoms with Crippen LogP contribution in [0.5, 0.6) is 0 Å². The highest BCUT2D eigenvalue weighted by atomic mass is 19.1. The number of rotatable bonds is 7. The second-order valence-electron chi connectivity index (χ2n) is 7.99. The second kappa shape index (κ2) is 10.3. The van der Waals surface area contributed by atoms with E-state index in [1.54, 1.807) is 30.3 Å². The van der Waals surface area contributed by atoms with Gasteiger partial charge in [-0.2, -0.15) is 0 Å². The number of halogens is 1. The third kappa shape index (κ3) is 5.89. The summed E-state index contributed by atoms with van der Waals surface area (Å²) in [5, 5.41) is 5.91. The fourth-order valence-electron chi connectivity index (χ4n) is 3.63. The van der Waals surface area contributed by atoms with E-state index < -0.39 is 0 Å². The van der Waals surface area contributed by atoms with Crippen molar-refractivity contribution < 1.29 is 14.0 Å². The first-order valence-electron chi connectivity index (χ1n) is 10.6. The summed E-state index contributed by atoms with van der Waals surface area (Å²) in [6, 6.07) is 13.8. The van der Waals surface area contributed by atoms with Gasteiger partial charge in [0.15, 0.2) is 0 Å². The van der Waals surface area contributed by atoms with Gasteiger partial charge in [0.05, 0.1) is 11.3 Å². The smallest absolute Gasteiger partial charge is 0.253 e. The molecule has 2 amide bonds. The summed E-state index contributed by atoms with van der Waals surface area (Å²) < 4.78 is 13.1. The number of benzene rings is 2. The van der Waals surface area contributed by atoms with Gasteiger partial charge in [-0.05, 0) is 69.1 Å². The summed E-state index contributed by atoms with van der Waals surface area (Å²) >= 11 is 0. The first-order chi connectivity index (χ1) is 14.5. The number of para-hydroxylation sites is 1. The van der Waals surface area contributed by atoms with E-state index in [0.717, 1.165) is 44.5 Å². The van der Waals surface area contributed by atoms with E-state index in [9.17, 15) is 14.0 Å². The zero-order valence-corrected chi connectivity index (χ0v) is 17.7. The highest BCUT2D eigenvalue weighted by Gasteiger charge is 2.26. The molecule has 0 saturated carbocycles. The van der Waals surface area contributed by atoms with Crippen molar-refractivity contribution >= 4 is 17.5 Å². The molecule has 1 aliphatic heterocycles. The van der Waals surface area contributed by atoms with Gasteiger partial charge in [-0.1, -0.05) is 31.2 Å². The lowest BCUT2D eigenvalue weighted by atomic mass is 9.95. The lowest BCUT2D eigenvalue weighted by Gasteiger charge is -2.31. The molecule has 1 fully saturated rings. The fraction of sp³-hybridized carbons (Fsp3) is 0.417. The van der Waals surface area contributed by atoms with Crippen LogP contribution in [0.1, 0.15) is 49.0 Å².